The molecule has 12 heavy (non-hydrogen) atoms. The maximum atomic E-state index is 8.74. The summed E-state index contributed by atoms with van der Waals surface area (Å²) in [6.07, 6.45) is 4.26. The van der Waals surface area contributed by atoms with Crippen molar-refractivity contribution in [2.24, 2.45) is 0 Å². The molecule has 0 aromatic heterocycles. The molecule has 0 atom stereocenters. The van der Waals surface area contributed by atoms with Crippen LogP contribution in [-0.4, -0.2) is 36.2 Å². The second-order valence-electron chi connectivity index (χ2n) is 2.74. The minimum atomic E-state index is 0.222. The molecule has 1 N–H and O–H groups in total. The average Bonchev–Trinajstić information content (AvgIpc) is 2.10. The fourth-order valence-electron chi connectivity index (χ4n) is 1.01. The summed E-state index contributed by atoms with van der Waals surface area (Å²) in [6.45, 7) is 5.00. The highest BCUT2D eigenvalue weighted by Crippen LogP contribution is 1.95. The lowest BCUT2D eigenvalue weighted by Gasteiger charge is -2.18. The van der Waals surface area contributed by atoms with Crippen LogP contribution in [0.25, 0.3) is 0 Å². The summed E-state index contributed by atoms with van der Waals surface area (Å²) in [5.74, 6) is 0. The van der Waals surface area contributed by atoms with Crippen molar-refractivity contribution < 1.29 is 5.11 Å². The van der Waals surface area contributed by atoms with Crippen molar-refractivity contribution in [3.05, 3.63) is 11.6 Å². The first-order chi connectivity index (χ1) is 5.85. The second kappa shape index (κ2) is 9.04. The van der Waals surface area contributed by atoms with Crippen molar-refractivity contribution in [2.75, 3.05) is 26.2 Å². The number of hydrogen-bond donors (Lipinski definition) is 1. The third-order valence-electron chi connectivity index (χ3n) is 1.70. The van der Waals surface area contributed by atoms with E-state index in [0.717, 1.165) is 19.6 Å². The Balaban J connectivity index is 3.53. The van der Waals surface area contributed by atoms with E-state index in [1.165, 1.54) is 18.4 Å². The summed E-state index contributed by atoms with van der Waals surface area (Å²) in [4.78, 5) is 2.18. The van der Waals surface area contributed by atoms with Gasteiger partial charge in [-0.2, -0.15) is 0 Å². The minimum Gasteiger partial charge on any atom is -0.395 e. The lowest BCUT2D eigenvalue weighted by atomic mass is 10.3. The van der Waals surface area contributed by atoms with Gasteiger partial charge in [0.25, 0.3) is 0 Å². The number of aliphatic hydroxyl groups is 1. The highest BCUT2D eigenvalue weighted by Gasteiger charge is 1.99. The van der Waals surface area contributed by atoms with Gasteiger partial charge in [0.05, 0.1) is 6.61 Å². The number of hydrogen-bond acceptors (Lipinski definition) is 2. The molecule has 2 nitrogen and oxygen atoms in total. The van der Waals surface area contributed by atoms with E-state index in [2.05, 4.69) is 11.8 Å². The number of halogens is 1. The van der Waals surface area contributed by atoms with Crippen LogP contribution < -0.4 is 0 Å². The Morgan fingerprint density at radius 3 is 2.67 bits per heavy atom. The molecule has 0 aliphatic heterocycles. The zero-order valence-electron chi connectivity index (χ0n) is 7.67. The van der Waals surface area contributed by atoms with Crippen LogP contribution in [0.4, 0.5) is 0 Å². The molecule has 0 aliphatic rings. The monoisotopic (exact) mass is 191 g/mol. The summed E-state index contributed by atoms with van der Waals surface area (Å²) >= 11 is 5.41. The maximum Gasteiger partial charge on any atom is 0.0558 e. The molecule has 72 valence electrons. The molecule has 0 saturated carbocycles. The molecule has 0 aliphatic carbocycles. The Labute approximate surface area is 79.8 Å². The van der Waals surface area contributed by atoms with Crippen molar-refractivity contribution >= 4 is 11.6 Å². The SMILES string of the molecule is CCCCN(CC=CCl)CCO. The zero-order chi connectivity index (χ0) is 9.23. The Kier molecular flexibility index (Phi) is 9.00. The van der Waals surface area contributed by atoms with Gasteiger partial charge >= 0.3 is 0 Å². The van der Waals surface area contributed by atoms with Gasteiger partial charge in [-0.25, -0.2) is 0 Å². The molecule has 0 heterocycles. The smallest absolute Gasteiger partial charge is 0.0558 e. The van der Waals surface area contributed by atoms with Gasteiger partial charge in [-0.1, -0.05) is 31.0 Å². The fourth-order valence-corrected chi connectivity index (χ4v) is 1.09. The molecule has 0 rings (SSSR count). The predicted molar refractivity (Wildman–Crippen MR) is 53.4 cm³/mol. The van der Waals surface area contributed by atoms with E-state index in [4.69, 9.17) is 16.7 Å². The molecule has 0 fully saturated rings. The van der Waals surface area contributed by atoms with Gasteiger partial charge in [0.15, 0.2) is 0 Å². The Morgan fingerprint density at radius 2 is 2.17 bits per heavy atom. The number of nitrogens with zero attached hydrogens (tertiary/aromatic N) is 1. The topological polar surface area (TPSA) is 23.5 Å². The minimum absolute atomic E-state index is 0.222. The van der Waals surface area contributed by atoms with Gasteiger partial charge in [-0.3, -0.25) is 4.90 Å². The van der Waals surface area contributed by atoms with Crippen LogP contribution >= 0.6 is 11.6 Å². The van der Waals surface area contributed by atoms with E-state index in [1.54, 1.807) is 0 Å². The molecule has 3 heteroatoms. The van der Waals surface area contributed by atoms with Gasteiger partial charge in [0.1, 0.15) is 0 Å². The third kappa shape index (κ3) is 6.65. The van der Waals surface area contributed by atoms with Crippen molar-refractivity contribution in [1.29, 1.82) is 0 Å². The predicted octanol–water partition coefficient (Wildman–Crippen LogP) is 1.83. The van der Waals surface area contributed by atoms with Gasteiger partial charge in [0.2, 0.25) is 0 Å². The molecule has 0 aromatic rings. The van der Waals surface area contributed by atoms with E-state index < -0.39 is 0 Å². The van der Waals surface area contributed by atoms with E-state index in [0.29, 0.717) is 0 Å². The van der Waals surface area contributed by atoms with Crippen LogP contribution in [0, 0.1) is 0 Å². The van der Waals surface area contributed by atoms with E-state index in [9.17, 15) is 0 Å². The summed E-state index contributed by atoms with van der Waals surface area (Å²) < 4.78 is 0. The van der Waals surface area contributed by atoms with Crippen LogP contribution in [0.1, 0.15) is 19.8 Å². The first-order valence-electron chi connectivity index (χ1n) is 4.43. The van der Waals surface area contributed by atoms with Gasteiger partial charge in [-0.05, 0) is 13.0 Å². The van der Waals surface area contributed by atoms with Crippen molar-refractivity contribution in [2.45, 2.75) is 19.8 Å². The number of unbranched alkanes of at least 4 members (excludes halogenated alkanes) is 1. The number of aliphatic hydroxyl groups excluding tert-OH is 1. The molecule has 0 amide bonds. The van der Waals surface area contributed by atoms with Crippen molar-refractivity contribution in [3.8, 4) is 0 Å². The Hall–Kier alpha value is -0.0500. The molecule has 0 spiro atoms. The second-order valence-corrected chi connectivity index (χ2v) is 2.99. The van der Waals surface area contributed by atoms with Gasteiger partial charge in [-0.15, -0.1) is 0 Å². The molecular formula is C9H18ClNO. The van der Waals surface area contributed by atoms with Crippen LogP contribution in [0.5, 0.6) is 0 Å². The summed E-state index contributed by atoms with van der Waals surface area (Å²) in [7, 11) is 0. The molecule has 0 aromatic carbocycles. The van der Waals surface area contributed by atoms with Crippen molar-refractivity contribution in [1.82, 2.24) is 4.90 Å². The molecule has 0 saturated heterocycles. The lowest BCUT2D eigenvalue weighted by molar-refractivity contribution is 0.206. The maximum absolute atomic E-state index is 8.74. The van der Waals surface area contributed by atoms with E-state index >= 15 is 0 Å². The Morgan fingerprint density at radius 1 is 1.42 bits per heavy atom. The third-order valence-corrected chi connectivity index (χ3v) is 1.87. The average molecular weight is 192 g/mol. The fraction of sp³-hybridized carbons (Fsp3) is 0.778. The van der Waals surface area contributed by atoms with Gasteiger partial charge < -0.3 is 5.11 Å². The van der Waals surface area contributed by atoms with Crippen molar-refractivity contribution in [3.63, 3.8) is 0 Å². The summed E-state index contributed by atoms with van der Waals surface area (Å²) in [5, 5.41) is 8.74. The van der Waals surface area contributed by atoms with Crippen LogP contribution in [-0.2, 0) is 0 Å². The lowest BCUT2D eigenvalue weighted by Crippen LogP contribution is -2.28. The van der Waals surface area contributed by atoms with Crippen LogP contribution in [0.3, 0.4) is 0 Å². The normalized spacial score (nSPS) is 11.7. The highest BCUT2D eigenvalue weighted by atomic mass is 35.5. The molecule has 0 bridgehead atoms. The largest absolute Gasteiger partial charge is 0.395 e. The Bertz CT molecular complexity index is 117. The van der Waals surface area contributed by atoms with Crippen LogP contribution in [0.15, 0.2) is 11.6 Å². The summed E-state index contributed by atoms with van der Waals surface area (Å²) in [5.41, 5.74) is 1.52. The van der Waals surface area contributed by atoms with E-state index in [1.807, 2.05) is 6.08 Å². The molecular weight excluding hydrogens is 174 g/mol. The van der Waals surface area contributed by atoms with E-state index in [-0.39, 0.29) is 6.61 Å². The molecule has 0 radical (unpaired) electrons. The standard InChI is InChI=1S/C9H18ClNO/c1-2-3-6-11(8-9-12)7-4-5-10/h4-5,12H,2-3,6-9H2,1H3. The number of rotatable bonds is 7. The first kappa shape index (κ1) is 11.9. The highest BCUT2D eigenvalue weighted by molar-refractivity contribution is 6.25. The van der Waals surface area contributed by atoms with Crippen LogP contribution in [0.2, 0.25) is 0 Å². The first-order valence-corrected chi connectivity index (χ1v) is 4.87. The quantitative estimate of drug-likeness (QED) is 0.664. The summed E-state index contributed by atoms with van der Waals surface area (Å²) in [6, 6.07) is 0. The van der Waals surface area contributed by atoms with Gasteiger partial charge in [0, 0.05) is 18.6 Å². The molecule has 0 unspecified atom stereocenters. The zero-order valence-corrected chi connectivity index (χ0v) is 8.43.